The third kappa shape index (κ3) is 3.32. The number of anilines is 2. The van der Waals surface area contributed by atoms with Gasteiger partial charge in [0.25, 0.3) is 0 Å². The normalized spacial score (nSPS) is 12.5. The van der Waals surface area contributed by atoms with Gasteiger partial charge < -0.3 is 11.1 Å². The number of hydrogen-bond donors (Lipinski definition) is 2. The second-order valence-electron chi connectivity index (χ2n) is 3.87. The zero-order chi connectivity index (χ0) is 12.1. The number of rotatable bonds is 5. The van der Waals surface area contributed by atoms with Crippen LogP contribution in [0.5, 0.6) is 0 Å². The van der Waals surface area contributed by atoms with E-state index in [1.165, 1.54) is 0 Å². The highest BCUT2D eigenvalue weighted by atomic mass is 19.1. The van der Waals surface area contributed by atoms with Crippen LogP contribution in [-0.4, -0.2) is 11.0 Å². The summed E-state index contributed by atoms with van der Waals surface area (Å²) in [5.41, 5.74) is 5.27. The first-order valence-corrected chi connectivity index (χ1v) is 5.42. The summed E-state index contributed by atoms with van der Waals surface area (Å²) in [6.45, 7) is 4.01. The number of aromatic nitrogens is 1. The molecule has 0 radical (unpaired) electrons. The average Bonchev–Trinajstić information content (AvgIpc) is 2.23. The molecule has 1 atom stereocenters. The number of hydrogen-bond acceptors (Lipinski definition) is 3. The monoisotopic (exact) mass is 229 g/mol. The SMILES string of the molecule is CCCCC(C)Nc1nc(N)c(F)cc1F. The topological polar surface area (TPSA) is 50.9 Å². The fourth-order valence-corrected chi connectivity index (χ4v) is 1.40. The Balaban J connectivity index is 2.69. The molecule has 1 aromatic rings. The van der Waals surface area contributed by atoms with Crippen LogP contribution in [0.1, 0.15) is 33.1 Å². The Kier molecular flexibility index (Phi) is 4.46. The Labute approximate surface area is 94.1 Å². The van der Waals surface area contributed by atoms with Crippen molar-refractivity contribution in [3.63, 3.8) is 0 Å². The van der Waals surface area contributed by atoms with Gasteiger partial charge in [-0.3, -0.25) is 0 Å². The van der Waals surface area contributed by atoms with Crippen molar-refractivity contribution in [2.24, 2.45) is 0 Å². The molecule has 0 saturated heterocycles. The van der Waals surface area contributed by atoms with Crippen LogP contribution in [0.4, 0.5) is 20.4 Å². The smallest absolute Gasteiger partial charge is 0.168 e. The largest absolute Gasteiger partial charge is 0.381 e. The van der Waals surface area contributed by atoms with Crippen LogP contribution in [0.2, 0.25) is 0 Å². The van der Waals surface area contributed by atoms with E-state index in [1.807, 2.05) is 6.92 Å². The Hall–Kier alpha value is -1.39. The molecule has 1 rings (SSSR count). The van der Waals surface area contributed by atoms with Gasteiger partial charge in [-0.15, -0.1) is 0 Å². The zero-order valence-corrected chi connectivity index (χ0v) is 9.56. The van der Waals surface area contributed by atoms with Crippen molar-refractivity contribution in [3.8, 4) is 0 Å². The lowest BCUT2D eigenvalue weighted by Gasteiger charge is -2.14. The van der Waals surface area contributed by atoms with Crippen molar-refractivity contribution in [2.45, 2.75) is 39.2 Å². The number of halogens is 2. The van der Waals surface area contributed by atoms with Gasteiger partial charge in [0.15, 0.2) is 23.3 Å². The van der Waals surface area contributed by atoms with Gasteiger partial charge in [-0.25, -0.2) is 13.8 Å². The lowest BCUT2D eigenvalue weighted by molar-refractivity contribution is 0.573. The second kappa shape index (κ2) is 5.63. The van der Waals surface area contributed by atoms with Gasteiger partial charge in [-0.05, 0) is 13.3 Å². The molecule has 0 saturated carbocycles. The van der Waals surface area contributed by atoms with E-state index in [-0.39, 0.29) is 17.7 Å². The average molecular weight is 229 g/mol. The van der Waals surface area contributed by atoms with Gasteiger partial charge in [0, 0.05) is 12.1 Å². The van der Waals surface area contributed by atoms with Crippen molar-refractivity contribution in [1.29, 1.82) is 0 Å². The molecule has 1 aromatic heterocycles. The molecule has 1 unspecified atom stereocenters. The molecule has 90 valence electrons. The summed E-state index contributed by atoms with van der Waals surface area (Å²) in [6.07, 6.45) is 3.04. The van der Waals surface area contributed by atoms with E-state index in [0.29, 0.717) is 0 Å². The number of nitrogens with one attached hydrogen (secondary N) is 1. The highest BCUT2D eigenvalue weighted by Gasteiger charge is 2.11. The lowest BCUT2D eigenvalue weighted by atomic mass is 10.1. The van der Waals surface area contributed by atoms with Gasteiger partial charge >= 0.3 is 0 Å². The molecule has 16 heavy (non-hydrogen) atoms. The first-order valence-electron chi connectivity index (χ1n) is 5.42. The van der Waals surface area contributed by atoms with E-state index in [2.05, 4.69) is 17.2 Å². The van der Waals surface area contributed by atoms with Gasteiger partial charge in [0.2, 0.25) is 0 Å². The molecule has 0 aromatic carbocycles. The van der Waals surface area contributed by atoms with Crippen LogP contribution in [0, 0.1) is 11.6 Å². The standard InChI is InChI=1S/C11H17F2N3/c1-3-4-5-7(2)15-11-9(13)6-8(12)10(14)16-11/h6-7H,3-5H2,1-2H3,(H3,14,15,16). The highest BCUT2D eigenvalue weighted by molar-refractivity contribution is 5.45. The maximum absolute atomic E-state index is 13.3. The van der Waals surface area contributed by atoms with Crippen LogP contribution in [0.3, 0.4) is 0 Å². The molecular weight excluding hydrogens is 212 g/mol. The molecule has 0 spiro atoms. The van der Waals surface area contributed by atoms with E-state index >= 15 is 0 Å². The molecule has 0 aliphatic rings. The molecular formula is C11H17F2N3. The minimum Gasteiger partial charge on any atom is -0.381 e. The Morgan fingerprint density at radius 1 is 1.44 bits per heavy atom. The molecule has 0 bridgehead atoms. The summed E-state index contributed by atoms with van der Waals surface area (Å²) >= 11 is 0. The quantitative estimate of drug-likeness (QED) is 0.816. The van der Waals surface area contributed by atoms with Crippen molar-refractivity contribution < 1.29 is 8.78 Å². The minimum atomic E-state index is -0.829. The van der Waals surface area contributed by atoms with Crippen LogP contribution in [-0.2, 0) is 0 Å². The predicted molar refractivity (Wildman–Crippen MR) is 61.2 cm³/mol. The predicted octanol–water partition coefficient (Wildman–Crippen LogP) is 2.93. The summed E-state index contributed by atoms with van der Waals surface area (Å²) in [6, 6.07) is 0.837. The molecule has 0 fully saturated rings. The Morgan fingerprint density at radius 2 is 2.12 bits per heavy atom. The molecule has 3 nitrogen and oxygen atoms in total. The van der Waals surface area contributed by atoms with E-state index < -0.39 is 11.6 Å². The fraction of sp³-hybridized carbons (Fsp3) is 0.545. The van der Waals surface area contributed by atoms with Crippen molar-refractivity contribution in [1.82, 2.24) is 4.98 Å². The summed E-state index contributed by atoms with van der Waals surface area (Å²) in [5, 5.41) is 2.88. The number of nitrogens with zero attached hydrogens (tertiary/aromatic N) is 1. The number of pyridine rings is 1. The molecule has 5 heteroatoms. The first kappa shape index (κ1) is 12.7. The van der Waals surface area contributed by atoms with Gasteiger partial charge in [0.1, 0.15) is 0 Å². The van der Waals surface area contributed by atoms with Gasteiger partial charge in [0.05, 0.1) is 0 Å². The lowest BCUT2D eigenvalue weighted by Crippen LogP contribution is -2.17. The van der Waals surface area contributed by atoms with E-state index in [1.54, 1.807) is 0 Å². The molecule has 3 N–H and O–H groups in total. The van der Waals surface area contributed by atoms with E-state index in [4.69, 9.17) is 5.73 Å². The molecule has 0 aliphatic carbocycles. The van der Waals surface area contributed by atoms with Crippen LogP contribution in [0.15, 0.2) is 6.07 Å². The minimum absolute atomic E-state index is 0.0162. The summed E-state index contributed by atoms with van der Waals surface area (Å²) < 4.78 is 26.1. The van der Waals surface area contributed by atoms with Crippen LogP contribution >= 0.6 is 0 Å². The number of nitrogens with two attached hydrogens (primary N) is 1. The zero-order valence-electron chi connectivity index (χ0n) is 9.56. The maximum Gasteiger partial charge on any atom is 0.168 e. The second-order valence-corrected chi connectivity index (χ2v) is 3.87. The summed E-state index contributed by atoms with van der Waals surface area (Å²) in [7, 11) is 0. The van der Waals surface area contributed by atoms with Crippen LogP contribution < -0.4 is 11.1 Å². The third-order valence-corrected chi connectivity index (χ3v) is 2.33. The van der Waals surface area contributed by atoms with Gasteiger partial charge in [-0.2, -0.15) is 0 Å². The number of unbranched alkanes of at least 4 members (excludes halogenated alkanes) is 1. The first-order chi connectivity index (χ1) is 7.54. The molecule has 1 heterocycles. The fourth-order valence-electron chi connectivity index (χ4n) is 1.40. The van der Waals surface area contributed by atoms with Crippen LogP contribution in [0.25, 0.3) is 0 Å². The Morgan fingerprint density at radius 3 is 2.75 bits per heavy atom. The molecule has 0 amide bonds. The van der Waals surface area contributed by atoms with Crippen molar-refractivity contribution in [3.05, 3.63) is 17.7 Å². The van der Waals surface area contributed by atoms with Crippen molar-refractivity contribution in [2.75, 3.05) is 11.1 Å². The van der Waals surface area contributed by atoms with E-state index in [9.17, 15) is 8.78 Å². The van der Waals surface area contributed by atoms with E-state index in [0.717, 1.165) is 25.3 Å². The molecule has 0 aliphatic heterocycles. The van der Waals surface area contributed by atoms with Gasteiger partial charge in [-0.1, -0.05) is 19.8 Å². The highest BCUT2D eigenvalue weighted by Crippen LogP contribution is 2.18. The Bertz CT molecular complexity index is 355. The number of nitrogen functional groups attached to an aromatic ring is 1. The van der Waals surface area contributed by atoms with Crippen molar-refractivity contribution >= 4 is 11.6 Å². The summed E-state index contributed by atoms with van der Waals surface area (Å²) in [4.78, 5) is 3.64. The third-order valence-electron chi connectivity index (χ3n) is 2.33. The maximum atomic E-state index is 13.3. The summed E-state index contributed by atoms with van der Waals surface area (Å²) in [5.74, 6) is -1.81.